The molecule has 1 aromatic heterocycles. The molecule has 1 aromatic carbocycles. The van der Waals surface area contributed by atoms with Gasteiger partial charge in [0.15, 0.2) is 0 Å². The van der Waals surface area contributed by atoms with Crippen LogP contribution in [-0.4, -0.2) is 11.5 Å². The standard InChI is InChI=1S/C14H14Cl2N2/c15-13-4-3-12(8-14(13)16)10-18-7-5-11-2-1-6-17-9-11/h1-4,6,8-9,18H,5,7,10H2. The summed E-state index contributed by atoms with van der Waals surface area (Å²) in [6, 6.07) is 9.72. The summed E-state index contributed by atoms with van der Waals surface area (Å²) in [6.07, 6.45) is 4.64. The number of benzene rings is 1. The summed E-state index contributed by atoms with van der Waals surface area (Å²) in [6.45, 7) is 1.70. The molecule has 2 nitrogen and oxygen atoms in total. The normalized spacial score (nSPS) is 10.6. The van der Waals surface area contributed by atoms with Crippen LogP contribution >= 0.6 is 23.2 Å². The van der Waals surface area contributed by atoms with Gasteiger partial charge in [0.05, 0.1) is 10.0 Å². The maximum atomic E-state index is 5.95. The molecule has 0 aliphatic carbocycles. The van der Waals surface area contributed by atoms with Gasteiger partial charge in [0.2, 0.25) is 0 Å². The summed E-state index contributed by atoms with van der Waals surface area (Å²) in [5.41, 5.74) is 2.37. The Morgan fingerprint density at radius 1 is 1.06 bits per heavy atom. The van der Waals surface area contributed by atoms with Crippen LogP contribution in [0.2, 0.25) is 10.0 Å². The molecule has 1 N–H and O–H groups in total. The van der Waals surface area contributed by atoms with Gasteiger partial charge in [-0.15, -0.1) is 0 Å². The largest absolute Gasteiger partial charge is 0.312 e. The van der Waals surface area contributed by atoms with Crippen LogP contribution in [0.15, 0.2) is 42.7 Å². The van der Waals surface area contributed by atoms with Gasteiger partial charge < -0.3 is 5.32 Å². The van der Waals surface area contributed by atoms with E-state index in [1.807, 2.05) is 30.5 Å². The number of hydrogen-bond acceptors (Lipinski definition) is 2. The molecule has 0 atom stereocenters. The molecule has 94 valence electrons. The second-order valence-electron chi connectivity index (χ2n) is 4.04. The van der Waals surface area contributed by atoms with Crippen LogP contribution in [0, 0.1) is 0 Å². The van der Waals surface area contributed by atoms with Crippen molar-refractivity contribution in [2.45, 2.75) is 13.0 Å². The lowest BCUT2D eigenvalue weighted by molar-refractivity contribution is 0.686. The van der Waals surface area contributed by atoms with E-state index in [9.17, 15) is 0 Å². The first-order chi connectivity index (χ1) is 8.75. The van der Waals surface area contributed by atoms with Gasteiger partial charge in [0.25, 0.3) is 0 Å². The van der Waals surface area contributed by atoms with E-state index in [0.717, 1.165) is 25.1 Å². The fourth-order valence-corrected chi connectivity index (χ4v) is 1.98. The molecular formula is C14H14Cl2N2. The van der Waals surface area contributed by atoms with Crippen LogP contribution in [-0.2, 0) is 13.0 Å². The third-order valence-electron chi connectivity index (χ3n) is 2.63. The van der Waals surface area contributed by atoms with E-state index >= 15 is 0 Å². The smallest absolute Gasteiger partial charge is 0.0595 e. The Morgan fingerprint density at radius 3 is 2.67 bits per heavy atom. The van der Waals surface area contributed by atoms with E-state index in [2.05, 4.69) is 16.4 Å². The van der Waals surface area contributed by atoms with Crippen molar-refractivity contribution < 1.29 is 0 Å². The van der Waals surface area contributed by atoms with Crippen LogP contribution < -0.4 is 5.32 Å². The first kappa shape index (κ1) is 13.3. The van der Waals surface area contributed by atoms with Gasteiger partial charge >= 0.3 is 0 Å². The average Bonchev–Trinajstić information content (AvgIpc) is 2.40. The van der Waals surface area contributed by atoms with Crippen molar-refractivity contribution >= 4 is 23.2 Å². The lowest BCUT2D eigenvalue weighted by Gasteiger charge is -2.06. The quantitative estimate of drug-likeness (QED) is 0.845. The van der Waals surface area contributed by atoms with Crippen molar-refractivity contribution in [3.63, 3.8) is 0 Å². The number of aromatic nitrogens is 1. The summed E-state index contributed by atoms with van der Waals surface area (Å²) in [5.74, 6) is 0. The zero-order valence-corrected chi connectivity index (χ0v) is 11.4. The molecule has 0 bridgehead atoms. The minimum absolute atomic E-state index is 0.593. The molecule has 0 unspecified atom stereocenters. The highest BCUT2D eigenvalue weighted by Gasteiger charge is 1.99. The number of hydrogen-bond donors (Lipinski definition) is 1. The van der Waals surface area contributed by atoms with Crippen LogP contribution in [0.1, 0.15) is 11.1 Å². The molecule has 0 saturated heterocycles. The van der Waals surface area contributed by atoms with Gasteiger partial charge in [-0.2, -0.15) is 0 Å². The van der Waals surface area contributed by atoms with Gasteiger partial charge in [-0.3, -0.25) is 4.98 Å². The zero-order chi connectivity index (χ0) is 12.8. The van der Waals surface area contributed by atoms with Gasteiger partial charge in [-0.05, 0) is 42.3 Å². The maximum absolute atomic E-state index is 5.95. The summed E-state index contributed by atoms with van der Waals surface area (Å²) >= 11 is 11.8. The lowest BCUT2D eigenvalue weighted by Crippen LogP contribution is -2.16. The molecule has 0 spiro atoms. The molecule has 2 rings (SSSR count). The lowest BCUT2D eigenvalue weighted by atomic mass is 10.2. The Bertz CT molecular complexity index is 500. The van der Waals surface area contributed by atoms with Crippen LogP contribution in [0.3, 0.4) is 0 Å². The van der Waals surface area contributed by atoms with Crippen molar-refractivity contribution in [1.29, 1.82) is 0 Å². The molecule has 0 amide bonds. The van der Waals surface area contributed by atoms with E-state index in [-0.39, 0.29) is 0 Å². The Hall–Kier alpha value is -1.09. The molecule has 0 aliphatic rings. The fourth-order valence-electron chi connectivity index (χ4n) is 1.66. The van der Waals surface area contributed by atoms with Crippen LogP contribution in [0.25, 0.3) is 0 Å². The predicted molar refractivity (Wildman–Crippen MR) is 76.1 cm³/mol. The first-order valence-electron chi connectivity index (χ1n) is 5.79. The van der Waals surface area contributed by atoms with E-state index in [4.69, 9.17) is 23.2 Å². The number of nitrogens with zero attached hydrogens (tertiary/aromatic N) is 1. The minimum Gasteiger partial charge on any atom is -0.312 e. The van der Waals surface area contributed by atoms with Crippen LogP contribution in [0.5, 0.6) is 0 Å². The second-order valence-corrected chi connectivity index (χ2v) is 4.85. The summed E-state index contributed by atoms with van der Waals surface area (Å²) < 4.78 is 0. The maximum Gasteiger partial charge on any atom is 0.0595 e. The van der Waals surface area contributed by atoms with Crippen molar-refractivity contribution in [3.05, 3.63) is 63.9 Å². The van der Waals surface area contributed by atoms with Gasteiger partial charge in [-0.1, -0.05) is 35.3 Å². The molecule has 18 heavy (non-hydrogen) atoms. The molecule has 2 aromatic rings. The zero-order valence-electron chi connectivity index (χ0n) is 9.87. The predicted octanol–water partition coefficient (Wildman–Crippen LogP) is 3.72. The molecule has 0 saturated carbocycles. The third-order valence-corrected chi connectivity index (χ3v) is 3.37. The number of halogens is 2. The number of rotatable bonds is 5. The van der Waals surface area contributed by atoms with Crippen molar-refractivity contribution in [1.82, 2.24) is 10.3 Å². The Morgan fingerprint density at radius 2 is 1.94 bits per heavy atom. The molecule has 0 aliphatic heterocycles. The highest BCUT2D eigenvalue weighted by atomic mass is 35.5. The van der Waals surface area contributed by atoms with E-state index < -0.39 is 0 Å². The topological polar surface area (TPSA) is 24.9 Å². The van der Waals surface area contributed by atoms with Gasteiger partial charge in [0, 0.05) is 18.9 Å². The molecule has 0 radical (unpaired) electrons. The highest BCUT2D eigenvalue weighted by molar-refractivity contribution is 6.42. The van der Waals surface area contributed by atoms with E-state index in [0.29, 0.717) is 10.0 Å². The van der Waals surface area contributed by atoms with E-state index in [1.165, 1.54) is 5.56 Å². The Kier molecular flexibility index (Phi) is 5.00. The van der Waals surface area contributed by atoms with Crippen molar-refractivity contribution in [2.75, 3.05) is 6.54 Å². The SMILES string of the molecule is Clc1ccc(CNCCc2cccnc2)cc1Cl. The first-order valence-corrected chi connectivity index (χ1v) is 6.55. The fraction of sp³-hybridized carbons (Fsp3) is 0.214. The third kappa shape index (κ3) is 3.98. The monoisotopic (exact) mass is 280 g/mol. The average molecular weight is 281 g/mol. The van der Waals surface area contributed by atoms with E-state index in [1.54, 1.807) is 6.20 Å². The van der Waals surface area contributed by atoms with Gasteiger partial charge in [0.1, 0.15) is 0 Å². The number of nitrogens with one attached hydrogen (secondary N) is 1. The Labute approximate surface area is 117 Å². The number of pyridine rings is 1. The van der Waals surface area contributed by atoms with Gasteiger partial charge in [-0.25, -0.2) is 0 Å². The highest BCUT2D eigenvalue weighted by Crippen LogP contribution is 2.22. The summed E-state index contributed by atoms with van der Waals surface area (Å²) in [5, 5.41) is 4.56. The van der Waals surface area contributed by atoms with Crippen molar-refractivity contribution in [2.24, 2.45) is 0 Å². The molecule has 0 fully saturated rings. The van der Waals surface area contributed by atoms with Crippen molar-refractivity contribution in [3.8, 4) is 0 Å². The molecule has 1 heterocycles. The summed E-state index contributed by atoms with van der Waals surface area (Å²) in [4.78, 5) is 4.08. The minimum atomic E-state index is 0.593. The molecular weight excluding hydrogens is 267 g/mol. The summed E-state index contributed by atoms with van der Waals surface area (Å²) in [7, 11) is 0. The molecule has 4 heteroatoms. The Balaban J connectivity index is 1.77. The van der Waals surface area contributed by atoms with Crippen LogP contribution in [0.4, 0.5) is 0 Å². The second kappa shape index (κ2) is 6.74.